The molecule has 2 aromatic rings. The summed E-state index contributed by atoms with van der Waals surface area (Å²) in [5, 5.41) is 4.95. The summed E-state index contributed by atoms with van der Waals surface area (Å²) in [6.45, 7) is 10.1. The average Bonchev–Trinajstić information content (AvgIpc) is 3.27. The van der Waals surface area contributed by atoms with Gasteiger partial charge in [-0.1, -0.05) is 25.1 Å². The Morgan fingerprint density at radius 2 is 1.74 bits per heavy atom. The van der Waals surface area contributed by atoms with Crippen molar-refractivity contribution in [2.24, 2.45) is 0 Å². The summed E-state index contributed by atoms with van der Waals surface area (Å²) < 4.78 is 8.34. The molecule has 7 heteroatoms. The number of amides is 1. The highest BCUT2D eigenvalue weighted by Crippen LogP contribution is 2.41. The van der Waals surface area contributed by atoms with Crippen LogP contribution in [0.2, 0.25) is 0 Å². The standard InChI is InChI=1S/C24H33N5O2/c1-2-26-13-15-27(16-14-26)19-22(30)28-11-9-24(10-12-28)23-20(8-17-31-24)18-29(25-23)21-6-4-3-5-7-21/h3-7,18H,2,8-17,19H2,1H3. The van der Waals surface area contributed by atoms with E-state index in [0.29, 0.717) is 6.54 Å². The fraction of sp³-hybridized carbons (Fsp3) is 0.583. The van der Waals surface area contributed by atoms with E-state index < -0.39 is 0 Å². The molecule has 0 N–H and O–H groups in total. The highest BCUT2D eigenvalue weighted by atomic mass is 16.5. The molecule has 0 bridgehead atoms. The molecule has 166 valence electrons. The first-order valence-corrected chi connectivity index (χ1v) is 11.7. The Labute approximate surface area is 184 Å². The third kappa shape index (κ3) is 4.14. The molecule has 0 aliphatic carbocycles. The number of fused-ring (bicyclic) bond motifs is 2. The molecule has 1 aromatic carbocycles. The van der Waals surface area contributed by atoms with Crippen molar-refractivity contribution in [1.29, 1.82) is 0 Å². The first-order valence-electron chi connectivity index (χ1n) is 11.7. The summed E-state index contributed by atoms with van der Waals surface area (Å²) in [7, 11) is 0. The SMILES string of the molecule is CCN1CCN(CC(=O)N2CCC3(CC2)OCCc2cn(-c4ccccc4)nc23)CC1. The number of piperidine rings is 1. The van der Waals surface area contributed by atoms with Crippen LogP contribution in [0.15, 0.2) is 36.5 Å². The van der Waals surface area contributed by atoms with Crippen LogP contribution in [0.4, 0.5) is 0 Å². The van der Waals surface area contributed by atoms with E-state index in [1.165, 1.54) is 5.56 Å². The zero-order valence-electron chi connectivity index (χ0n) is 18.5. The van der Waals surface area contributed by atoms with Crippen molar-refractivity contribution in [2.45, 2.75) is 31.8 Å². The van der Waals surface area contributed by atoms with Crippen LogP contribution in [0.3, 0.4) is 0 Å². The molecule has 31 heavy (non-hydrogen) atoms. The van der Waals surface area contributed by atoms with Crippen molar-refractivity contribution in [3.8, 4) is 5.69 Å². The number of piperazine rings is 1. The van der Waals surface area contributed by atoms with Gasteiger partial charge in [0.1, 0.15) is 5.60 Å². The van der Waals surface area contributed by atoms with Crippen LogP contribution in [-0.4, -0.2) is 89.4 Å². The molecule has 5 rings (SSSR count). The van der Waals surface area contributed by atoms with Gasteiger partial charge in [-0.05, 0) is 43.5 Å². The predicted molar refractivity (Wildman–Crippen MR) is 119 cm³/mol. The third-order valence-corrected chi connectivity index (χ3v) is 7.19. The number of likely N-dealkylation sites (tertiary alicyclic amines) is 1. The lowest BCUT2D eigenvalue weighted by Crippen LogP contribution is -2.53. The number of carbonyl (C=O) groups excluding carboxylic acids is 1. The van der Waals surface area contributed by atoms with Crippen LogP contribution < -0.4 is 0 Å². The molecule has 3 aliphatic heterocycles. The number of nitrogens with zero attached hydrogens (tertiary/aromatic N) is 5. The van der Waals surface area contributed by atoms with Crippen LogP contribution in [0.25, 0.3) is 5.69 Å². The number of benzene rings is 1. The lowest BCUT2D eigenvalue weighted by Gasteiger charge is -2.43. The minimum absolute atomic E-state index is 0.255. The van der Waals surface area contributed by atoms with E-state index in [2.05, 4.69) is 35.1 Å². The topological polar surface area (TPSA) is 53.8 Å². The van der Waals surface area contributed by atoms with Gasteiger partial charge < -0.3 is 14.5 Å². The maximum absolute atomic E-state index is 12.9. The van der Waals surface area contributed by atoms with Crippen molar-refractivity contribution in [1.82, 2.24) is 24.5 Å². The Morgan fingerprint density at radius 1 is 1.03 bits per heavy atom. The number of hydrogen-bond donors (Lipinski definition) is 0. The molecule has 0 radical (unpaired) electrons. The lowest BCUT2D eigenvalue weighted by molar-refractivity contribution is -0.142. The fourth-order valence-electron chi connectivity index (χ4n) is 5.17. The maximum atomic E-state index is 12.9. The van der Waals surface area contributed by atoms with E-state index in [1.54, 1.807) is 0 Å². The van der Waals surface area contributed by atoms with Gasteiger partial charge in [0.15, 0.2) is 0 Å². The largest absolute Gasteiger partial charge is 0.368 e. The van der Waals surface area contributed by atoms with Gasteiger partial charge in [0.2, 0.25) is 5.91 Å². The fourth-order valence-corrected chi connectivity index (χ4v) is 5.17. The summed E-state index contributed by atoms with van der Waals surface area (Å²) in [4.78, 5) is 19.7. The second kappa shape index (κ2) is 8.73. The Morgan fingerprint density at radius 3 is 2.45 bits per heavy atom. The number of carbonyl (C=O) groups is 1. The van der Waals surface area contributed by atoms with E-state index in [-0.39, 0.29) is 11.5 Å². The first kappa shape index (κ1) is 20.7. The zero-order valence-corrected chi connectivity index (χ0v) is 18.5. The van der Waals surface area contributed by atoms with Crippen LogP contribution in [-0.2, 0) is 21.6 Å². The highest BCUT2D eigenvalue weighted by Gasteiger charge is 2.44. The summed E-state index contributed by atoms with van der Waals surface area (Å²) >= 11 is 0. The Kier molecular flexibility index (Phi) is 5.82. The van der Waals surface area contributed by atoms with Gasteiger partial charge in [-0.3, -0.25) is 9.69 Å². The lowest BCUT2D eigenvalue weighted by atomic mass is 9.84. The molecule has 2 fully saturated rings. The summed E-state index contributed by atoms with van der Waals surface area (Å²) in [6.07, 6.45) is 4.70. The molecule has 1 amide bonds. The maximum Gasteiger partial charge on any atom is 0.236 e. The van der Waals surface area contributed by atoms with E-state index >= 15 is 0 Å². The van der Waals surface area contributed by atoms with Gasteiger partial charge in [0.25, 0.3) is 0 Å². The average molecular weight is 424 g/mol. The van der Waals surface area contributed by atoms with E-state index in [9.17, 15) is 4.79 Å². The minimum atomic E-state index is -0.350. The normalized spacial score (nSPS) is 21.9. The number of aromatic nitrogens is 2. The Bertz CT molecular complexity index is 896. The number of hydrogen-bond acceptors (Lipinski definition) is 5. The van der Waals surface area contributed by atoms with Gasteiger partial charge in [0.05, 0.1) is 24.5 Å². The van der Waals surface area contributed by atoms with Crippen LogP contribution >= 0.6 is 0 Å². The quantitative estimate of drug-likeness (QED) is 0.752. The second-order valence-corrected chi connectivity index (χ2v) is 8.97. The zero-order chi connectivity index (χ0) is 21.3. The number of likely N-dealkylation sites (N-methyl/N-ethyl adjacent to an activating group) is 1. The first-order chi connectivity index (χ1) is 15.2. The van der Waals surface area contributed by atoms with Crippen LogP contribution in [0.1, 0.15) is 31.0 Å². The van der Waals surface area contributed by atoms with Crippen molar-refractivity contribution in [3.63, 3.8) is 0 Å². The van der Waals surface area contributed by atoms with E-state index in [0.717, 1.165) is 83.1 Å². The summed E-state index contributed by atoms with van der Waals surface area (Å²) in [5.41, 5.74) is 3.08. The van der Waals surface area contributed by atoms with E-state index in [1.807, 2.05) is 27.8 Å². The Hall–Kier alpha value is -2.22. The number of ether oxygens (including phenoxy) is 1. The van der Waals surface area contributed by atoms with Crippen molar-refractivity contribution < 1.29 is 9.53 Å². The molecule has 2 saturated heterocycles. The van der Waals surface area contributed by atoms with E-state index in [4.69, 9.17) is 9.84 Å². The second-order valence-electron chi connectivity index (χ2n) is 8.97. The Balaban J connectivity index is 1.23. The number of para-hydroxylation sites is 1. The molecule has 3 aliphatic rings. The molecular formula is C24H33N5O2. The molecule has 7 nitrogen and oxygen atoms in total. The van der Waals surface area contributed by atoms with Crippen LogP contribution in [0, 0.1) is 0 Å². The minimum Gasteiger partial charge on any atom is -0.368 e. The van der Waals surface area contributed by atoms with Gasteiger partial charge in [-0.2, -0.15) is 5.10 Å². The third-order valence-electron chi connectivity index (χ3n) is 7.19. The number of rotatable bonds is 4. The highest BCUT2D eigenvalue weighted by molar-refractivity contribution is 5.78. The molecule has 0 unspecified atom stereocenters. The van der Waals surface area contributed by atoms with Crippen LogP contribution in [0.5, 0.6) is 0 Å². The van der Waals surface area contributed by atoms with Gasteiger partial charge >= 0.3 is 0 Å². The van der Waals surface area contributed by atoms with Gasteiger partial charge in [-0.25, -0.2) is 4.68 Å². The van der Waals surface area contributed by atoms with Gasteiger partial charge in [-0.15, -0.1) is 0 Å². The summed E-state index contributed by atoms with van der Waals surface area (Å²) in [5.74, 6) is 0.255. The summed E-state index contributed by atoms with van der Waals surface area (Å²) in [6, 6.07) is 10.2. The molecule has 0 atom stereocenters. The molecular weight excluding hydrogens is 390 g/mol. The van der Waals surface area contributed by atoms with Crippen molar-refractivity contribution >= 4 is 5.91 Å². The van der Waals surface area contributed by atoms with Crippen molar-refractivity contribution in [3.05, 3.63) is 47.8 Å². The smallest absolute Gasteiger partial charge is 0.236 e. The molecule has 1 aromatic heterocycles. The van der Waals surface area contributed by atoms with Crippen molar-refractivity contribution in [2.75, 3.05) is 59.0 Å². The van der Waals surface area contributed by atoms with Gasteiger partial charge in [0, 0.05) is 45.5 Å². The molecule has 4 heterocycles. The molecule has 1 spiro atoms. The monoisotopic (exact) mass is 423 g/mol. The predicted octanol–water partition coefficient (Wildman–Crippen LogP) is 1.90. The molecule has 0 saturated carbocycles.